The molecule has 2 fully saturated rings. The van der Waals surface area contributed by atoms with E-state index >= 15 is 0 Å². The van der Waals surface area contributed by atoms with Gasteiger partial charge in [-0.15, -0.1) is 5.10 Å². The number of nitrogens with zero attached hydrogens (tertiary/aromatic N) is 6. The number of amides is 1. The van der Waals surface area contributed by atoms with Crippen molar-refractivity contribution in [3.63, 3.8) is 0 Å². The molecule has 6 rings (SSSR count). The number of fused-ring (bicyclic) bond motifs is 2. The van der Waals surface area contributed by atoms with Crippen molar-refractivity contribution in [2.75, 3.05) is 42.3 Å². The quantitative estimate of drug-likeness (QED) is 0.364. The van der Waals surface area contributed by atoms with Crippen molar-refractivity contribution in [2.45, 2.75) is 38.4 Å². The molecule has 0 bridgehead atoms. The van der Waals surface area contributed by atoms with E-state index in [1.807, 2.05) is 31.4 Å². The molecule has 3 N–H and O–H groups in total. The second kappa shape index (κ2) is 8.93. The molecule has 4 aromatic heterocycles. The second-order valence-corrected chi connectivity index (χ2v) is 10.2. The zero-order valence-corrected chi connectivity index (χ0v) is 21.1. The van der Waals surface area contributed by atoms with E-state index in [-0.39, 0.29) is 17.9 Å². The first kappa shape index (κ1) is 23.6. The highest BCUT2D eigenvalue weighted by molar-refractivity contribution is 6.03. The average molecular weight is 503 g/mol. The summed E-state index contributed by atoms with van der Waals surface area (Å²) in [7, 11) is 1.81. The van der Waals surface area contributed by atoms with Crippen LogP contribution >= 0.6 is 0 Å². The lowest BCUT2D eigenvalue weighted by molar-refractivity contribution is -0.117. The molecule has 1 amide bonds. The van der Waals surface area contributed by atoms with E-state index < -0.39 is 5.60 Å². The molecular formula is C26H30N8O3. The van der Waals surface area contributed by atoms with Crippen molar-refractivity contribution < 1.29 is 14.6 Å². The number of carbonyl (C=O) groups excluding carboxylic acids is 1. The molecular weight excluding hydrogens is 472 g/mol. The Bertz CT molecular complexity index is 1490. The van der Waals surface area contributed by atoms with Gasteiger partial charge in [-0.2, -0.15) is 0 Å². The third kappa shape index (κ3) is 4.56. The summed E-state index contributed by atoms with van der Waals surface area (Å²) < 4.78 is 7.54. The number of carbonyl (C=O) groups is 1. The average Bonchev–Trinajstić information content (AvgIpc) is 3.66. The Kier molecular flexibility index (Phi) is 5.68. The van der Waals surface area contributed by atoms with Gasteiger partial charge in [-0.05, 0) is 44.9 Å². The first-order valence-electron chi connectivity index (χ1n) is 12.5. The minimum atomic E-state index is -0.928. The highest BCUT2D eigenvalue weighted by Crippen LogP contribution is 2.33. The lowest BCUT2D eigenvalue weighted by Crippen LogP contribution is -2.52. The van der Waals surface area contributed by atoms with Crippen LogP contribution in [-0.4, -0.2) is 74.0 Å². The van der Waals surface area contributed by atoms with Crippen molar-refractivity contribution in [1.29, 1.82) is 0 Å². The molecule has 2 aliphatic rings. The highest BCUT2D eigenvalue weighted by Gasteiger charge is 2.33. The molecule has 0 unspecified atom stereocenters. The van der Waals surface area contributed by atoms with E-state index in [0.29, 0.717) is 36.3 Å². The summed E-state index contributed by atoms with van der Waals surface area (Å²) in [6, 6.07) is 5.80. The number of anilines is 3. The Hall–Kier alpha value is -3.83. The van der Waals surface area contributed by atoms with E-state index in [0.717, 1.165) is 41.4 Å². The third-order valence-electron chi connectivity index (χ3n) is 6.98. The SMILES string of the molecule is CNc1ncc(-c2nc3ccc(N4CCO[C@H](C(C)(C)O)C4)cn3n2)c2cc(NC(=O)C3CC3)ncc12. The largest absolute Gasteiger partial charge is 0.388 e. The molecule has 0 aromatic carbocycles. The minimum absolute atomic E-state index is 0.00428. The Morgan fingerprint density at radius 1 is 1.19 bits per heavy atom. The van der Waals surface area contributed by atoms with Crippen LogP contribution in [0, 0.1) is 5.92 Å². The van der Waals surface area contributed by atoms with Crippen LogP contribution in [0.5, 0.6) is 0 Å². The summed E-state index contributed by atoms with van der Waals surface area (Å²) in [5.41, 5.74) is 1.50. The number of hydrogen-bond acceptors (Lipinski definition) is 9. The van der Waals surface area contributed by atoms with Crippen LogP contribution in [-0.2, 0) is 9.53 Å². The standard InChI is InChI=1S/C26H30N8O3/c1-26(2,36)20-14-33(8-9-37-20)16-6-7-22-31-24(32-34(22)13-16)19-12-29-23(27-3)18-11-28-21(10-17(18)19)30-25(35)15-4-5-15/h6-7,10-13,15,20,36H,4-5,8-9,14H2,1-3H3,(H,27,29)(H,28,30,35)/t20-/m0/s1. The maximum absolute atomic E-state index is 12.3. The van der Waals surface area contributed by atoms with Crippen molar-refractivity contribution >= 4 is 39.6 Å². The van der Waals surface area contributed by atoms with Gasteiger partial charge in [0.1, 0.15) is 17.7 Å². The normalized spacial score (nSPS) is 18.4. The number of morpholine rings is 1. The minimum Gasteiger partial charge on any atom is -0.388 e. The zero-order valence-electron chi connectivity index (χ0n) is 21.1. The molecule has 192 valence electrons. The Morgan fingerprint density at radius 2 is 2.03 bits per heavy atom. The van der Waals surface area contributed by atoms with Crippen molar-refractivity contribution in [1.82, 2.24) is 24.6 Å². The Balaban J connectivity index is 1.36. The van der Waals surface area contributed by atoms with Crippen molar-refractivity contribution in [3.8, 4) is 11.4 Å². The molecule has 37 heavy (non-hydrogen) atoms. The second-order valence-electron chi connectivity index (χ2n) is 10.2. The Labute approximate surface area is 213 Å². The van der Waals surface area contributed by atoms with Gasteiger partial charge >= 0.3 is 0 Å². The molecule has 0 spiro atoms. The molecule has 0 radical (unpaired) electrons. The summed E-state index contributed by atoms with van der Waals surface area (Å²) >= 11 is 0. The topological polar surface area (TPSA) is 130 Å². The maximum atomic E-state index is 12.3. The summed E-state index contributed by atoms with van der Waals surface area (Å²) in [5, 5.41) is 22.9. The van der Waals surface area contributed by atoms with Crippen LogP contribution in [0.4, 0.5) is 17.3 Å². The number of aromatic nitrogens is 5. The van der Waals surface area contributed by atoms with Gasteiger partial charge in [-0.25, -0.2) is 19.5 Å². The molecule has 11 heteroatoms. The summed E-state index contributed by atoms with van der Waals surface area (Å²) in [6.45, 7) is 5.38. The molecule has 4 aromatic rings. The number of aliphatic hydroxyl groups is 1. The van der Waals surface area contributed by atoms with Gasteiger partial charge in [0.15, 0.2) is 11.5 Å². The molecule has 1 aliphatic heterocycles. The lowest BCUT2D eigenvalue weighted by atomic mass is 10.00. The fourth-order valence-corrected chi connectivity index (χ4v) is 4.64. The van der Waals surface area contributed by atoms with Crippen molar-refractivity contribution in [3.05, 3.63) is 36.8 Å². The number of nitrogens with one attached hydrogen (secondary N) is 2. The van der Waals surface area contributed by atoms with Crippen LogP contribution < -0.4 is 15.5 Å². The van der Waals surface area contributed by atoms with Crippen LogP contribution in [0.3, 0.4) is 0 Å². The number of rotatable bonds is 6. The van der Waals surface area contributed by atoms with Crippen LogP contribution in [0.15, 0.2) is 36.8 Å². The molecule has 11 nitrogen and oxygen atoms in total. The predicted octanol–water partition coefficient (Wildman–Crippen LogP) is 2.71. The molecule has 1 saturated heterocycles. The summed E-state index contributed by atoms with van der Waals surface area (Å²) in [6.07, 6.45) is 6.97. The van der Waals surface area contributed by atoms with E-state index in [1.54, 1.807) is 30.8 Å². The van der Waals surface area contributed by atoms with Gasteiger partial charge < -0.3 is 25.4 Å². The predicted molar refractivity (Wildman–Crippen MR) is 141 cm³/mol. The number of ether oxygens (including phenoxy) is 1. The molecule has 1 aliphatic carbocycles. The van der Waals surface area contributed by atoms with Gasteiger partial charge in [0, 0.05) is 54.8 Å². The van der Waals surface area contributed by atoms with E-state index in [4.69, 9.17) is 14.8 Å². The summed E-state index contributed by atoms with van der Waals surface area (Å²) in [5.74, 6) is 1.80. The van der Waals surface area contributed by atoms with E-state index in [9.17, 15) is 9.90 Å². The first-order chi connectivity index (χ1) is 17.8. The van der Waals surface area contributed by atoms with Gasteiger partial charge in [0.05, 0.1) is 24.1 Å². The highest BCUT2D eigenvalue weighted by atomic mass is 16.5. The monoisotopic (exact) mass is 502 g/mol. The Morgan fingerprint density at radius 3 is 2.78 bits per heavy atom. The van der Waals surface area contributed by atoms with E-state index in [2.05, 4.69) is 25.5 Å². The van der Waals surface area contributed by atoms with E-state index in [1.165, 1.54) is 0 Å². The number of hydrogen-bond donors (Lipinski definition) is 3. The maximum Gasteiger partial charge on any atom is 0.228 e. The van der Waals surface area contributed by atoms with Crippen LogP contribution in [0.2, 0.25) is 0 Å². The smallest absolute Gasteiger partial charge is 0.228 e. The lowest BCUT2D eigenvalue weighted by Gasteiger charge is -2.39. The van der Waals surface area contributed by atoms with Gasteiger partial charge in [-0.1, -0.05) is 0 Å². The first-order valence-corrected chi connectivity index (χ1v) is 12.5. The van der Waals surface area contributed by atoms with Gasteiger partial charge in [-0.3, -0.25) is 4.79 Å². The molecule has 1 saturated carbocycles. The van der Waals surface area contributed by atoms with Crippen LogP contribution in [0.25, 0.3) is 27.8 Å². The molecule has 1 atom stereocenters. The van der Waals surface area contributed by atoms with Gasteiger partial charge in [0.25, 0.3) is 0 Å². The van der Waals surface area contributed by atoms with Gasteiger partial charge in [0.2, 0.25) is 5.91 Å². The summed E-state index contributed by atoms with van der Waals surface area (Å²) in [4.78, 5) is 28.2. The fraction of sp³-hybridized carbons (Fsp3) is 0.423. The van der Waals surface area contributed by atoms with Crippen LogP contribution in [0.1, 0.15) is 26.7 Å². The van der Waals surface area contributed by atoms with Crippen molar-refractivity contribution in [2.24, 2.45) is 5.92 Å². The number of pyridine rings is 3. The third-order valence-corrected chi connectivity index (χ3v) is 6.98. The fourth-order valence-electron chi connectivity index (χ4n) is 4.64. The zero-order chi connectivity index (χ0) is 25.7. The molecule has 5 heterocycles.